The fourth-order valence-corrected chi connectivity index (χ4v) is 2.71. The van der Waals surface area contributed by atoms with Crippen molar-refractivity contribution in [2.24, 2.45) is 11.3 Å². The first-order chi connectivity index (χ1) is 5.70. The molecule has 0 aliphatic heterocycles. The van der Waals surface area contributed by atoms with E-state index in [9.17, 15) is 4.79 Å². The summed E-state index contributed by atoms with van der Waals surface area (Å²) in [4.78, 5) is 10.3. The van der Waals surface area contributed by atoms with Crippen LogP contribution in [0.5, 0.6) is 0 Å². The molecule has 0 spiro atoms. The summed E-state index contributed by atoms with van der Waals surface area (Å²) in [5, 5.41) is 8.49. The van der Waals surface area contributed by atoms with Gasteiger partial charge in [0.25, 0.3) is 0 Å². The smallest absolute Gasteiger partial charge is 0.327 e. The number of rotatable bonds is 2. The lowest BCUT2D eigenvalue weighted by molar-refractivity contribution is -0.131. The van der Waals surface area contributed by atoms with Gasteiger partial charge in [0.2, 0.25) is 0 Å². The fourth-order valence-electron chi connectivity index (χ4n) is 2.71. The van der Waals surface area contributed by atoms with Crippen LogP contribution in [0.2, 0.25) is 0 Å². The number of carbonyl (C=O) groups is 1. The third-order valence-electron chi connectivity index (χ3n) is 3.26. The molecule has 1 N–H and O–H groups in total. The van der Waals surface area contributed by atoms with E-state index in [1.54, 1.807) is 0 Å². The number of carboxylic acids is 1. The molecule has 3 aliphatic rings. The normalized spacial score (nSPS) is 39.5. The van der Waals surface area contributed by atoms with E-state index in [0.29, 0.717) is 5.41 Å². The zero-order valence-corrected chi connectivity index (χ0v) is 7.12. The van der Waals surface area contributed by atoms with Gasteiger partial charge in [0.05, 0.1) is 0 Å². The Kier molecular flexibility index (Phi) is 1.71. The van der Waals surface area contributed by atoms with Gasteiger partial charge in [0.1, 0.15) is 0 Å². The summed E-state index contributed by atoms with van der Waals surface area (Å²) in [6.45, 7) is 0. The van der Waals surface area contributed by atoms with Crippen LogP contribution in [-0.2, 0) is 4.79 Å². The Hall–Kier alpha value is -0.790. The van der Waals surface area contributed by atoms with Crippen molar-refractivity contribution in [1.29, 1.82) is 0 Å². The average Bonchev–Trinajstić information content (AvgIpc) is 2.01. The second-order valence-electron chi connectivity index (χ2n) is 4.20. The highest BCUT2D eigenvalue weighted by molar-refractivity contribution is 5.79. The summed E-state index contributed by atoms with van der Waals surface area (Å²) in [7, 11) is 0. The minimum absolute atomic E-state index is 0.293. The Labute approximate surface area is 72.3 Å². The third kappa shape index (κ3) is 1.26. The van der Waals surface area contributed by atoms with Gasteiger partial charge in [-0.2, -0.15) is 0 Å². The standard InChI is InChI=1S/C10H14O2/c11-9(12)3-5-10-4-1-2-8(6-10)7-10/h3,5,8H,1-2,4,6-7H2,(H,11,12). The van der Waals surface area contributed by atoms with Gasteiger partial charge in [-0.1, -0.05) is 18.9 Å². The molecule has 0 atom stereocenters. The van der Waals surface area contributed by atoms with Crippen molar-refractivity contribution in [2.45, 2.75) is 32.1 Å². The highest BCUT2D eigenvalue weighted by Crippen LogP contribution is 2.56. The highest BCUT2D eigenvalue weighted by atomic mass is 16.4. The number of fused-ring (bicyclic) bond motifs is 2. The molecule has 0 aromatic rings. The van der Waals surface area contributed by atoms with E-state index in [0.717, 1.165) is 5.92 Å². The molecule has 0 unspecified atom stereocenters. The number of hydrogen-bond acceptors (Lipinski definition) is 1. The summed E-state index contributed by atoms with van der Waals surface area (Å²) in [5.74, 6) is 0.0931. The van der Waals surface area contributed by atoms with Crippen molar-refractivity contribution in [3.05, 3.63) is 12.2 Å². The van der Waals surface area contributed by atoms with Crippen LogP contribution in [0.15, 0.2) is 12.2 Å². The first-order valence-electron chi connectivity index (χ1n) is 4.62. The van der Waals surface area contributed by atoms with Crippen LogP contribution in [0, 0.1) is 11.3 Å². The molecule has 0 radical (unpaired) electrons. The van der Waals surface area contributed by atoms with Crippen LogP contribution in [-0.4, -0.2) is 11.1 Å². The molecule has 0 amide bonds. The Balaban J connectivity index is 1.99. The van der Waals surface area contributed by atoms with Gasteiger partial charge in [-0.05, 0) is 30.6 Å². The third-order valence-corrected chi connectivity index (χ3v) is 3.26. The van der Waals surface area contributed by atoms with Gasteiger partial charge in [-0.25, -0.2) is 4.79 Å². The maximum atomic E-state index is 10.3. The summed E-state index contributed by atoms with van der Waals surface area (Å²) in [6.07, 6.45) is 9.56. The quantitative estimate of drug-likeness (QED) is 0.638. The molecule has 3 fully saturated rings. The van der Waals surface area contributed by atoms with Gasteiger partial charge in [0.15, 0.2) is 0 Å². The number of hydrogen-bond donors (Lipinski definition) is 1. The van der Waals surface area contributed by atoms with Crippen molar-refractivity contribution < 1.29 is 9.90 Å². The van der Waals surface area contributed by atoms with Crippen molar-refractivity contribution in [2.75, 3.05) is 0 Å². The van der Waals surface area contributed by atoms with E-state index in [4.69, 9.17) is 5.11 Å². The Morgan fingerprint density at radius 3 is 2.75 bits per heavy atom. The molecule has 3 rings (SSSR count). The van der Waals surface area contributed by atoms with Gasteiger partial charge in [-0.3, -0.25) is 0 Å². The number of carboxylic acid groups (broad SMARTS) is 1. The summed E-state index contributed by atoms with van der Waals surface area (Å²) >= 11 is 0. The molecule has 2 heteroatoms. The first kappa shape index (κ1) is 7.84. The Morgan fingerprint density at radius 1 is 1.50 bits per heavy atom. The molecule has 0 saturated heterocycles. The minimum Gasteiger partial charge on any atom is -0.478 e. The average molecular weight is 166 g/mol. The lowest BCUT2D eigenvalue weighted by atomic mass is 9.54. The molecule has 12 heavy (non-hydrogen) atoms. The van der Waals surface area contributed by atoms with Crippen LogP contribution in [0.1, 0.15) is 32.1 Å². The largest absolute Gasteiger partial charge is 0.478 e. The molecular formula is C10H14O2. The zero-order valence-electron chi connectivity index (χ0n) is 7.12. The lowest BCUT2D eigenvalue weighted by Gasteiger charge is -2.51. The summed E-state index contributed by atoms with van der Waals surface area (Å²) in [5.41, 5.74) is 0.293. The van der Waals surface area contributed by atoms with Crippen LogP contribution >= 0.6 is 0 Å². The predicted molar refractivity (Wildman–Crippen MR) is 45.8 cm³/mol. The number of allylic oxidation sites excluding steroid dienone is 1. The van der Waals surface area contributed by atoms with Crippen LogP contribution in [0.4, 0.5) is 0 Å². The van der Waals surface area contributed by atoms with E-state index < -0.39 is 5.97 Å². The van der Waals surface area contributed by atoms with Crippen molar-refractivity contribution >= 4 is 5.97 Å². The second kappa shape index (κ2) is 2.61. The highest BCUT2D eigenvalue weighted by Gasteiger charge is 2.44. The van der Waals surface area contributed by atoms with Gasteiger partial charge in [0, 0.05) is 6.08 Å². The number of aliphatic carboxylic acids is 1. The van der Waals surface area contributed by atoms with Crippen molar-refractivity contribution in [1.82, 2.24) is 0 Å². The zero-order chi connectivity index (χ0) is 8.60. The predicted octanol–water partition coefficient (Wildman–Crippen LogP) is 2.21. The molecule has 3 saturated carbocycles. The van der Waals surface area contributed by atoms with Crippen LogP contribution < -0.4 is 0 Å². The topological polar surface area (TPSA) is 37.3 Å². The molecule has 0 aromatic heterocycles. The van der Waals surface area contributed by atoms with E-state index in [1.807, 2.05) is 6.08 Å². The summed E-state index contributed by atoms with van der Waals surface area (Å²) < 4.78 is 0. The summed E-state index contributed by atoms with van der Waals surface area (Å²) in [6, 6.07) is 0. The molecule has 2 nitrogen and oxygen atoms in total. The second-order valence-corrected chi connectivity index (χ2v) is 4.20. The monoisotopic (exact) mass is 166 g/mol. The molecule has 3 aliphatic carbocycles. The molecule has 0 heterocycles. The molecule has 0 aromatic carbocycles. The van der Waals surface area contributed by atoms with E-state index in [2.05, 4.69) is 0 Å². The maximum Gasteiger partial charge on any atom is 0.327 e. The van der Waals surface area contributed by atoms with Gasteiger partial charge < -0.3 is 5.11 Å². The van der Waals surface area contributed by atoms with Crippen LogP contribution in [0.3, 0.4) is 0 Å². The lowest BCUT2D eigenvalue weighted by Crippen LogP contribution is -2.39. The van der Waals surface area contributed by atoms with Crippen molar-refractivity contribution in [3.63, 3.8) is 0 Å². The van der Waals surface area contributed by atoms with E-state index >= 15 is 0 Å². The van der Waals surface area contributed by atoms with Gasteiger partial charge in [-0.15, -0.1) is 0 Å². The van der Waals surface area contributed by atoms with E-state index in [-0.39, 0.29) is 0 Å². The van der Waals surface area contributed by atoms with Gasteiger partial charge >= 0.3 is 5.97 Å². The minimum atomic E-state index is -0.807. The SMILES string of the molecule is O=C(O)C=CC12CCCC(C1)C2. The van der Waals surface area contributed by atoms with E-state index in [1.165, 1.54) is 38.2 Å². The molecular weight excluding hydrogens is 152 g/mol. The molecule has 66 valence electrons. The Bertz CT molecular complexity index is 218. The van der Waals surface area contributed by atoms with Crippen molar-refractivity contribution in [3.8, 4) is 0 Å². The fraction of sp³-hybridized carbons (Fsp3) is 0.700. The van der Waals surface area contributed by atoms with Crippen LogP contribution in [0.25, 0.3) is 0 Å². The Morgan fingerprint density at radius 2 is 2.25 bits per heavy atom. The maximum absolute atomic E-state index is 10.3. The first-order valence-corrected chi connectivity index (χ1v) is 4.62. The molecule has 2 bridgehead atoms.